The Labute approximate surface area is 94.2 Å². The van der Waals surface area contributed by atoms with Gasteiger partial charge in [0.05, 0.1) is 0 Å². The number of urea groups is 1. The molecular weight excluding hydrogens is 216 g/mol. The number of carbonyl (C=O) groups excluding carboxylic acids is 1. The minimum absolute atomic E-state index is 0.364. The van der Waals surface area contributed by atoms with Gasteiger partial charge >= 0.3 is 12.0 Å². The third-order valence-corrected chi connectivity index (χ3v) is 2.52. The van der Waals surface area contributed by atoms with E-state index in [-0.39, 0.29) is 6.03 Å². The first kappa shape index (κ1) is 14.1. The van der Waals surface area contributed by atoms with Gasteiger partial charge in [-0.1, -0.05) is 0 Å². The fourth-order valence-electron chi connectivity index (χ4n) is 0.746. The number of carbonyl (C=O) groups is 2. The zero-order chi connectivity index (χ0) is 12.1. The van der Waals surface area contributed by atoms with E-state index in [1.807, 2.05) is 6.26 Å². The van der Waals surface area contributed by atoms with Gasteiger partial charge in [-0.3, -0.25) is 0 Å². The maximum atomic E-state index is 11.5. The Balaban J connectivity index is 4.18. The van der Waals surface area contributed by atoms with Crippen LogP contribution < -0.4 is 5.32 Å². The average Bonchev–Trinajstić information content (AvgIpc) is 2.13. The SMILES string of the molecule is CSCCN(C)C(=O)NC(C)(C)C(=O)O. The van der Waals surface area contributed by atoms with Gasteiger partial charge in [0.15, 0.2) is 0 Å². The van der Waals surface area contributed by atoms with E-state index < -0.39 is 11.5 Å². The third-order valence-electron chi connectivity index (χ3n) is 1.93. The lowest BCUT2D eigenvalue weighted by Gasteiger charge is -2.25. The van der Waals surface area contributed by atoms with Crippen LogP contribution in [0.2, 0.25) is 0 Å². The number of nitrogens with zero attached hydrogens (tertiary/aromatic N) is 1. The van der Waals surface area contributed by atoms with Crippen molar-refractivity contribution >= 4 is 23.8 Å². The van der Waals surface area contributed by atoms with Crippen molar-refractivity contribution in [3.63, 3.8) is 0 Å². The molecule has 0 aliphatic rings. The van der Waals surface area contributed by atoms with Gasteiger partial charge in [0.2, 0.25) is 0 Å². The predicted octanol–water partition coefficient (Wildman–Crippen LogP) is 0.854. The highest BCUT2D eigenvalue weighted by atomic mass is 32.2. The fraction of sp³-hybridized carbons (Fsp3) is 0.778. The molecule has 0 saturated carbocycles. The minimum atomic E-state index is -1.23. The molecule has 0 radical (unpaired) electrons. The maximum Gasteiger partial charge on any atom is 0.328 e. The molecule has 0 spiro atoms. The molecule has 2 amide bonds. The van der Waals surface area contributed by atoms with Crippen LogP contribution in [0.25, 0.3) is 0 Å². The normalized spacial score (nSPS) is 10.9. The molecule has 0 aliphatic heterocycles. The van der Waals surface area contributed by atoms with Crippen molar-refractivity contribution in [2.75, 3.05) is 25.6 Å². The van der Waals surface area contributed by atoms with Crippen LogP contribution in [0.3, 0.4) is 0 Å². The van der Waals surface area contributed by atoms with Crippen LogP contribution in [0, 0.1) is 0 Å². The molecule has 15 heavy (non-hydrogen) atoms. The quantitative estimate of drug-likeness (QED) is 0.740. The van der Waals surface area contributed by atoms with Gasteiger partial charge in [-0.15, -0.1) is 0 Å². The number of aliphatic carboxylic acids is 1. The van der Waals surface area contributed by atoms with Crippen LogP contribution in [-0.2, 0) is 4.79 Å². The molecule has 0 bridgehead atoms. The zero-order valence-electron chi connectivity index (χ0n) is 9.53. The molecule has 0 aromatic heterocycles. The number of carboxylic acids is 1. The van der Waals surface area contributed by atoms with Gasteiger partial charge in [-0.2, -0.15) is 11.8 Å². The Morgan fingerprint density at radius 1 is 1.47 bits per heavy atom. The Hall–Kier alpha value is -0.910. The van der Waals surface area contributed by atoms with Gasteiger partial charge in [0.1, 0.15) is 5.54 Å². The second kappa shape index (κ2) is 5.85. The molecular formula is C9H18N2O3S. The molecule has 0 unspecified atom stereocenters. The third kappa shape index (κ3) is 4.92. The Morgan fingerprint density at radius 2 is 2.00 bits per heavy atom. The summed E-state index contributed by atoms with van der Waals surface area (Å²) >= 11 is 1.63. The molecule has 0 aromatic rings. The van der Waals surface area contributed by atoms with E-state index >= 15 is 0 Å². The van der Waals surface area contributed by atoms with E-state index in [1.165, 1.54) is 18.7 Å². The topological polar surface area (TPSA) is 69.6 Å². The lowest BCUT2D eigenvalue weighted by Crippen LogP contribution is -2.53. The van der Waals surface area contributed by atoms with Crippen molar-refractivity contribution in [1.82, 2.24) is 10.2 Å². The van der Waals surface area contributed by atoms with Gasteiger partial charge in [-0.05, 0) is 20.1 Å². The van der Waals surface area contributed by atoms with Crippen molar-refractivity contribution in [3.8, 4) is 0 Å². The number of carboxylic acid groups (broad SMARTS) is 1. The highest BCUT2D eigenvalue weighted by Crippen LogP contribution is 2.03. The van der Waals surface area contributed by atoms with Crippen molar-refractivity contribution < 1.29 is 14.7 Å². The maximum absolute atomic E-state index is 11.5. The number of thioether (sulfide) groups is 1. The van der Waals surface area contributed by atoms with E-state index in [9.17, 15) is 9.59 Å². The highest BCUT2D eigenvalue weighted by molar-refractivity contribution is 7.98. The first-order chi connectivity index (χ1) is 6.81. The summed E-state index contributed by atoms with van der Waals surface area (Å²) in [5, 5.41) is 11.3. The van der Waals surface area contributed by atoms with E-state index in [1.54, 1.807) is 18.8 Å². The summed E-state index contributed by atoms with van der Waals surface area (Å²) < 4.78 is 0. The molecule has 2 N–H and O–H groups in total. The van der Waals surface area contributed by atoms with Crippen LogP contribution in [0.4, 0.5) is 4.79 Å². The fourth-order valence-corrected chi connectivity index (χ4v) is 1.20. The van der Waals surface area contributed by atoms with Gasteiger partial charge in [0.25, 0.3) is 0 Å². The number of hydrogen-bond donors (Lipinski definition) is 2. The monoisotopic (exact) mass is 234 g/mol. The molecule has 5 nitrogen and oxygen atoms in total. The second-order valence-corrected chi connectivity index (χ2v) is 4.76. The highest BCUT2D eigenvalue weighted by Gasteiger charge is 2.29. The molecule has 88 valence electrons. The van der Waals surface area contributed by atoms with Crippen LogP contribution in [0.1, 0.15) is 13.8 Å². The molecule has 0 heterocycles. The number of rotatable bonds is 5. The number of amides is 2. The molecule has 0 atom stereocenters. The van der Waals surface area contributed by atoms with Crippen LogP contribution >= 0.6 is 11.8 Å². The molecule has 0 aromatic carbocycles. The van der Waals surface area contributed by atoms with Gasteiger partial charge in [0, 0.05) is 19.3 Å². The Kier molecular flexibility index (Phi) is 5.49. The lowest BCUT2D eigenvalue weighted by atomic mass is 10.1. The van der Waals surface area contributed by atoms with Gasteiger partial charge < -0.3 is 15.3 Å². The first-order valence-electron chi connectivity index (χ1n) is 4.57. The van der Waals surface area contributed by atoms with E-state index in [0.717, 1.165) is 5.75 Å². The van der Waals surface area contributed by atoms with Crippen molar-refractivity contribution in [1.29, 1.82) is 0 Å². The summed E-state index contributed by atoms with van der Waals surface area (Å²) in [6.07, 6.45) is 1.95. The molecule has 0 saturated heterocycles. The average molecular weight is 234 g/mol. The molecule has 6 heteroatoms. The summed E-state index contributed by atoms with van der Waals surface area (Å²) in [5.41, 5.74) is -1.23. The zero-order valence-corrected chi connectivity index (χ0v) is 10.3. The Bertz CT molecular complexity index is 244. The van der Waals surface area contributed by atoms with Crippen molar-refractivity contribution in [2.24, 2.45) is 0 Å². The summed E-state index contributed by atoms with van der Waals surface area (Å²) in [6, 6.07) is -0.364. The summed E-state index contributed by atoms with van der Waals surface area (Å²) in [6.45, 7) is 3.51. The van der Waals surface area contributed by atoms with Crippen LogP contribution in [0.5, 0.6) is 0 Å². The molecule has 0 rings (SSSR count). The van der Waals surface area contributed by atoms with Crippen molar-refractivity contribution in [3.05, 3.63) is 0 Å². The molecule has 0 aliphatic carbocycles. The van der Waals surface area contributed by atoms with Crippen LogP contribution in [0.15, 0.2) is 0 Å². The largest absolute Gasteiger partial charge is 0.480 e. The lowest BCUT2D eigenvalue weighted by molar-refractivity contribution is -0.143. The summed E-state index contributed by atoms with van der Waals surface area (Å²) in [5.74, 6) is -0.216. The number of nitrogens with one attached hydrogen (secondary N) is 1. The van der Waals surface area contributed by atoms with E-state index in [4.69, 9.17) is 5.11 Å². The van der Waals surface area contributed by atoms with Crippen molar-refractivity contribution in [2.45, 2.75) is 19.4 Å². The standard InChI is InChI=1S/C9H18N2O3S/c1-9(2,7(12)13)10-8(14)11(3)5-6-15-4/h5-6H2,1-4H3,(H,10,14)(H,12,13). The van der Waals surface area contributed by atoms with Gasteiger partial charge in [-0.25, -0.2) is 9.59 Å². The predicted molar refractivity (Wildman–Crippen MR) is 61.3 cm³/mol. The summed E-state index contributed by atoms with van der Waals surface area (Å²) in [7, 11) is 1.64. The van der Waals surface area contributed by atoms with Crippen LogP contribution in [-0.4, -0.2) is 53.1 Å². The number of hydrogen-bond acceptors (Lipinski definition) is 3. The molecule has 0 fully saturated rings. The second-order valence-electron chi connectivity index (χ2n) is 3.77. The van der Waals surface area contributed by atoms with E-state index in [2.05, 4.69) is 5.32 Å². The minimum Gasteiger partial charge on any atom is -0.480 e. The Morgan fingerprint density at radius 3 is 2.40 bits per heavy atom. The summed E-state index contributed by atoms with van der Waals surface area (Å²) in [4.78, 5) is 23.7. The van der Waals surface area contributed by atoms with E-state index in [0.29, 0.717) is 6.54 Å². The smallest absolute Gasteiger partial charge is 0.328 e. The first-order valence-corrected chi connectivity index (χ1v) is 5.96.